The maximum atomic E-state index is 11.3. The van der Waals surface area contributed by atoms with Gasteiger partial charge in [0.1, 0.15) is 5.75 Å². The topological polar surface area (TPSA) is 93.5 Å². The normalized spacial score (nSPS) is 14.8. The van der Waals surface area contributed by atoms with Crippen molar-refractivity contribution in [1.29, 1.82) is 0 Å². The van der Waals surface area contributed by atoms with Crippen LogP contribution in [0.15, 0.2) is 18.2 Å². The Morgan fingerprint density at radius 3 is 3.05 bits per heavy atom. The van der Waals surface area contributed by atoms with E-state index >= 15 is 0 Å². The van der Waals surface area contributed by atoms with Gasteiger partial charge in [-0.2, -0.15) is 0 Å². The predicted octanol–water partition coefficient (Wildman–Crippen LogP) is 1.32. The van der Waals surface area contributed by atoms with Crippen molar-refractivity contribution in [3.63, 3.8) is 0 Å². The Morgan fingerprint density at radius 1 is 1.48 bits per heavy atom. The zero-order valence-electron chi connectivity index (χ0n) is 12.1. The molecule has 1 unspecified atom stereocenters. The van der Waals surface area contributed by atoms with Gasteiger partial charge in [-0.3, -0.25) is 9.59 Å². The highest BCUT2D eigenvalue weighted by Crippen LogP contribution is 2.30. The zero-order valence-corrected chi connectivity index (χ0v) is 12.1. The number of anilines is 1. The monoisotopic (exact) mass is 291 g/mol. The van der Waals surface area contributed by atoms with Crippen molar-refractivity contribution in [2.45, 2.75) is 32.2 Å². The fourth-order valence-electron chi connectivity index (χ4n) is 2.23. The Bertz CT molecular complexity index is 531. The number of nitrogens with two attached hydrogens (primary N) is 1. The number of hydrogen-bond donors (Lipinski definition) is 3. The Balaban J connectivity index is 1.85. The van der Waals surface area contributed by atoms with Crippen molar-refractivity contribution in [3.05, 3.63) is 23.8 Å². The van der Waals surface area contributed by atoms with Crippen LogP contribution in [0.1, 0.15) is 37.8 Å². The molecule has 2 rings (SSSR count). The number of amides is 2. The Hall–Kier alpha value is -2.08. The number of carbonyl (C=O) groups excluding carboxylic acids is 2. The van der Waals surface area contributed by atoms with Crippen LogP contribution in [0.5, 0.6) is 5.75 Å². The van der Waals surface area contributed by atoms with Gasteiger partial charge in [-0.15, -0.1) is 0 Å². The largest absolute Gasteiger partial charge is 0.482 e. The van der Waals surface area contributed by atoms with Crippen LogP contribution in [-0.4, -0.2) is 25.0 Å². The third kappa shape index (κ3) is 4.46. The average Bonchev–Trinajstić information content (AvgIpc) is 2.45. The summed E-state index contributed by atoms with van der Waals surface area (Å²) >= 11 is 0. The first-order valence-electron chi connectivity index (χ1n) is 7.14. The smallest absolute Gasteiger partial charge is 0.262 e. The van der Waals surface area contributed by atoms with E-state index in [4.69, 9.17) is 10.5 Å². The third-order valence-corrected chi connectivity index (χ3v) is 3.44. The van der Waals surface area contributed by atoms with E-state index in [-0.39, 0.29) is 24.5 Å². The lowest BCUT2D eigenvalue weighted by Crippen LogP contribution is -2.26. The van der Waals surface area contributed by atoms with Gasteiger partial charge in [0.05, 0.1) is 5.69 Å². The molecule has 6 nitrogen and oxygen atoms in total. The summed E-state index contributed by atoms with van der Waals surface area (Å²) in [5.41, 5.74) is 6.89. The van der Waals surface area contributed by atoms with Gasteiger partial charge < -0.3 is 21.1 Å². The van der Waals surface area contributed by atoms with Gasteiger partial charge in [-0.25, -0.2) is 0 Å². The van der Waals surface area contributed by atoms with Crippen LogP contribution in [-0.2, 0) is 9.59 Å². The van der Waals surface area contributed by atoms with Crippen LogP contribution in [0.25, 0.3) is 0 Å². The van der Waals surface area contributed by atoms with E-state index in [2.05, 4.69) is 17.6 Å². The number of benzene rings is 1. The molecule has 0 bridgehead atoms. The lowest BCUT2D eigenvalue weighted by atomic mass is 10.1. The molecule has 2 amide bonds. The summed E-state index contributed by atoms with van der Waals surface area (Å²) in [5.74, 6) is 0.312. The minimum absolute atomic E-state index is 0.0695. The Kier molecular flexibility index (Phi) is 5.16. The fraction of sp³-hybridized carbons (Fsp3) is 0.467. The lowest BCUT2D eigenvalue weighted by molar-refractivity contribution is -0.119. The van der Waals surface area contributed by atoms with E-state index in [0.29, 0.717) is 17.9 Å². The molecule has 0 fully saturated rings. The van der Waals surface area contributed by atoms with Crippen LogP contribution in [0.4, 0.5) is 5.69 Å². The third-order valence-electron chi connectivity index (χ3n) is 3.44. The molecule has 1 aromatic carbocycles. The molecule has 114 valence electrons. The number of fused-ring (bicyclic) bond motifs is 1. The number of hydrogen-bond acceptors (Lipinski definition) is 4. The summed E-state index contributed by atoms with van der Waals surface area (Å²) in [6.07, 6.45) is 2.12. The highest BCUT2D eigenvalue weighted by molar-refractivity contribution is 5.95. The van der Waals surface area contributed by atoms with E-state index in [1.807, 2.05) is 18.2 Å². The minimum Gasteiger partial charge on any atom is -0.482 e. The molecule has 0 saturated carbocycles. The highest BCUT2D eigenvalue weighted by atomic mass is 16.5. The van der Waals surface area contributed by atoms with Crippen LogP contribution >= 0.6 is 0 Å². The summed E-state index contributed by atoms with van der Waals surface area (Å²) < 4.78 is 5.33. The number of unbranched alkanes of at least 4 members (excludes halogenated alkanes) is 1. The molecule has 1 atom stereocenters. The minimum atomic E-state index is -0.256. The molecule has 1 aliphatic heterocycles. The molecule has 0 spiro atoms. The molecule has 1 aliphatic rings. The number of ether oxygens (including phenoxy) is 1. The highest BCUT2D eigenvalue weighted by Gasteiger charge is 2.17. The predicted molar refractivity (Wildman–Crippen MR) is 80.0 cm³/mol. The molecule has 0 aliphatic carbocycles. The van der Waals surface area contributed by atoms with Crippen molar-refractivity contribution in [2.24, 2.45) is 5.73 Å². The zero-order chi connectivity index (χ0) is 15.2. The molecular weight excluding hydrogens is 270 g/mol. The standard InChI is InChI=1S/C15H21N3O3/c1-10(17-7-3-2-4-14(16)19)11-5-6-13-12(8-11)18-15(20)9-21-13/h5-6,8,10,17H,2-4,7,9H2,1H3,(H2,16,19)(H,18,20). The molecular formula is C15H21N3O3. The molecule has 0 aromatic heterocycles. The quantitative estimate of drug-likeness (QED) is 0.661. The summed E-state index contributed by atoms with van der Waals surface area (Å²) in [5, 5.41) is 6.19. The van der Waals surface area contributed by atoms with E-state index in [0.717, 1.165) is 24.9 Å². The molecule has 0 saturated heterocycles. The van der Waals surface area contributed by atoms with Gasteiger partial charge in [0.15, 0.2) is 6.61 Å². The SMILES string of the molecule is CC(NCCCCC(N)=O)c1ccc2c(c1)NC(=O)CO2. The maximum Gasteiger partial charge on any atom is 0.262 e. The summed E-state index contributed by atoms with van der Waals surface area (Å²) in [6, 6.07) is 5.93. The summed E-state index contributed by atoms with van der Waals surface area (Å²) in [6.45, 7) is 2.94. The second-order valence-electron chi connectivity index (χ2n) is 5.19. The van der Waals surface area contributed by atoms with Crippen molar-refractivity contribution in [3.8, 4) is 5.75 Å². The first-order valence-corrected chi connectivity index (χ1v) is 7.14. The first kappa shape index (κ1) is 15.3. The molecule has 0 radical (unpaired) electrons. The van der Waals surface area contributed by atoms with Gasteiger partial charge in [-0.1, -0.05) is 6.07 Å². The van der Waals surface area contributed by atoms with Crippen LogP contribution in [0.2, 0.25) is 0 Å². The molecule has 1 heterocycles. The molecule has 1 aromatic rings. The fourth-order valence-corrected chi connectivity index (χ4v) is 2.23. The van der Waals surface area contributed by atoms with Gasteiger partial charge in [0, 0.05) is 12.5 Å². The van der Waals surface area contributed by atoms with Gasteiger partial charge in [0.2, 0.25) is 5.91 Å². The second-order valence-corrected chi connectivity index (χ2v) is 5.19. The number of carbonyl (C=O) groups is 2. The van der Waals surface area contributed by atoms with Crippen LogP contribution in [0, 0.1) is 0 Å². The van der Waals surface area contributed by atoms with E-state index in [1.54, 1.807) is 0 Å². The molecule has 4 N–H and O–H groups in total. The molecule has 6 heteroatoms. The van der Waals surface area contributed by atoms with Gasteiger partial charge in [0.25, 0.3) is 5.91 Å². The van der Waals surface area contributed by atoms with Crippen LogP contribution < -0.4 is 21.1 Å². The summed E-state index contributed by atoms with van der Waals surface area (Å²) in [4.78, 5) is 22.0. The van der Waals surface area contributed by atoms with E-state index < -0.39 is 0 Å². The lowest BCUT2D eigenvalue weighted by Gasteiger charge is -2.21. The maximum absolute atomic E-state index is 11.3. The second kappa shape index (κ2) is 7.08. The van der Waals surface area contributed by atoms with Gasteiger partial charge >= 0.3 is 0 Å². The first-order chi connectivity index (χ1) is 10.1. The van der Waals surface area contributed by atoms with E-state index in [9.17, 15) is 9.59 Å². The Labute approximate surface area is 124 Å². The number of primary amides is 1. The van der Waals surface area contributed by atoms with Crippen molar-refractivity contribution in [1.82, 2.24) is 5.32 Å². The number of nitrogens with one attached hydrogen (secondary N) is 2. The average molecular weight is 291 g/mol. The summed E-state index contributed by atoms with van der Waals surface area (Å²) in [7, 11) is 0. The van der Waals surface area contributed by atoms with Crippen molar-refractivity contribution < 1.29 is 14.3 Å². The van der Waals surface area contributed by atoms with Gasteiger partial charge in [-0.05, 0) is 44.0 Å². The Morgan fingerprint density at radius 2 is 2.29 bits per heavy atom. The van der Waals surface area contributed by atoms with Crippen molar-refractivity contribution in [2.75, 3.05) is 18.5 Å². The van der Waals surface area contributed by atoms with Crippen LogP contribution in [0.3, 0.4) is 0 Å². The van der Waals surface area contributed by atoms with Crippen molar-refractivity contribution >= 4 is 17.5 Å². The number of rotatable bonds is 7. The van der Waals surface area contributed by atoms with E-state index in [1.165, 1.54) is 0 Å². The molecule has 21 heavy (non-hydrogen) atoms.